The molecule has 0 radical (unpaired) electrons. The van der Waals surface area contributed by atoms with Gasteiger partial charge >= 0.3 is 0 Å². The maximum Gasteiger partial charge on any atom is 0.277 e. The average molecular weight is 270 g/mol. The van der Waals surface area contributed by atoms with Gasteiger partial charge in [-0.2, -0.15) is 5.10 Å². The summed E-state index contributed by atoms with van der Waals surface area (Å²) < 4.78 is 2.97. The molecule has 0 aliphatic carbocycles. The summed E-state index contributed by atoms with van der Waals surface area (Å²) in [7, 11) is 1.69. The minimum atomic E-state index is -0.367. The van der Waals surface area contributed by atoms with Crippen LogP contribution in [-0.2, 0) is 7.05 Å². The van der Waals surface area contributed by atoms with Gasteiger partial charge < -0.3 is 5.32 Å². The Balaban J connectivity index is 1.74. The van der Waals surface area contributed by atoms with Crippen LogP contribution >= 0.6 is 0 Å². The average Bonchev–Trinajstić information content (AvgIpc) is 3.10. The lowest BCUT2D eigenvalue weighted by Crippen LogP contribution is -2.13. The molecule has 9 heteroatoms. The Hall–Kier alpha value is -3.10. The largest absolute Gasteiger partial charge is 0.318 e. The third kappa shape index (κ3) is 2.36. The van der Waals surface area contributed by atoms with E-state index >= 15 is 0 Å². The van der Waals surface area contributed by atoms with Crippen molar-refractivity contribution < 1.29 is 4.79 Å². The van der Waals surface area contributed by atoms with E-state index in [0.717, 1.165) is 0 Å². The molecule has 1 N–H and O–H groups in total. The normalized spacial score (nSPS) is 10.4. The van der Waals surface area contributed by atoms with Crippen LogP contribution in [0.4, 0.5) is 5.69 Å². The first-order valence-corrected chi connectivity index (χ1v) is 5.72. The minimum Gasteiger partial charge on any atom is -0.318 e. The molecule has 0 unspecified atom stereocenters. The van der Waals surface area contributed by atoms with Crippen LogP contribution in [0, 0.1) is 0 Å². The molecule has 0 fully saturated rings. The molecule has 0 spiro atoms. The van der Waals surface area contributed by atoms with Crippen molar-refractivity contribution >= 4 is 11.6 Å². The number of rotatable bonds is 3. The van der Waals surface area contributed by atoms with Crippen molar-refractivity contribution in [2.24, 2.45) is 7.05 Å². The smallest absolute Gasteiger partial charge is 0.277 e. The first kappa shape index (κ1) is 12.0. The summed E-state index contributed by atoms with van der Waals surface area (Å²) in [5.74, 6) is 0.0565. The molecule has 0 aromatic carbocycles. The number of nitrogens with zero attached hydrogens (tertiary/aromatic N) is 7. The number of anilines is 1. The van der Waals surface area contributed by atoms with Crippen LogP contribution in [0.3, 0.4) is 0 Å². The third-order valence-corrected chi connectivity index (χ3v) is 2.44. The van der Waals surface area contributed by atoms with E-state index in [9.17, 15) is 4.79 Å². The second-order valence-corrected chi connectivity index (χ2v) is 3.95. The van der Waals surface area contributed by atoms with Gasteiger partial charge in [-0.3, -0.25) is 9.48 Å². The fourth-order valence-electron chi connectivity index (χ4n) is 1.54. The molecule has 0 saturated carbocycles. The van der Waals surface area contributed by atoms with E-state index in [-0.39, 0.29) is 11.6 Å². The van der Waals surface area contributed by atoms with Gasteiger partial charge in [0.05, 0.1) is 24.3 Å². The number of carbonyl (C=O) groups excluding carboxylic acids is 1. The lowest BCUT2D eigenvalue weighted by Gasteiger charge is -2.03. The number of nitrogens with one attached hydrogen (secondary N) is 1. The first-order valence-electron chi connectivity index (χ1n) is 5.72. The van der Waals surface area contributed by atoms with Crippen LogP contribution < -0.4 is 5.32 Å². The molecule has 0 bridgehead atoms. The summed E-state index contributed by atoms with van der Waals surface area (Å²) in [6, 6.07) is 1.77. The monoisotopic (exact) mass is 270 g/mol. The van der Waals surface area contributed by atoms with Crippen molar-refractivity contribution in [1.82, 2.24) is 34.7 Å². The molecule has 100 valence electrons. The van der Waals surface area contributed by atoms with E-state index in [1.165, 1.54) is 28.0 Å². The van der Waals surface area contributed by atoms with Gasteiger partial charge in [0.15, 0.2) is 5.69 Å². The summed E-state index contributed by atoms with van der Waals surface area (Å²) >= 11 is 0. The number of aromatic nitrogens is 7. The maximum atomic E-state index is 11.8. The molecular weight excluding hydrogens is 260 g/mol. The van der Waals surface area contributed by atoms with Crippen LogP contribution in [-0.4, -0.2) is 40.6 Å². The zero-order chi connectivity index (χ0) is 13.9. The molecule has 3 aromatic heterocycles. The van der Waals surface area contributed by atoms with Crippen LogP contribution in [0.15, 0.2) is 37.1 Å². The van der Waals surface area contributed by atoms with Crippen LogP contribution in [0.5, 0.6) is 0 Å². The minimum absolute atomic E-state index is 0.226. The maximum absolute atomic E-state index is 11.8. The van der Waals surface area contributed by atoms with Crippen molar-refractivity contribution in [2.75, 3.05) is 5.32 Å². The highest BCUT2D eigenvalue weighted by molar-refractivity contribution is 6.02. The van der Waals surface area contributed by atoms with Crippen molar-refractivity contribution in [2.45, 2.75) is 0 Å². The highest BCUT2D eigenvalue weighted by Crippen LogP contribution is 2.07. The predicted octanol–water partition coefficient (Wildman–Crippen LogP) is 0.0431. The lowest BCUT2D eigenvalue weighted by atomic mass is 10.4. The summed E-state index contributed by atoms with van der Waals surface area (Å²) in [5.41, 5.74) is 0.695. The highest BCUT2D eigenvalue weighted by atomic mass is 16.2. The molecule has 20 heavy (non-hydrogen) atoms. The molecule has 9 nitrogen and oxygen atoms in total. The van der Waals surface area contributed by atoms with Crippen molar-refractivity contribution in [3.05, 3.63) is 42.7 Å². The SMILES string of the molecule is Cn1cc(C(=O)Nc2cnc(-n3cccn3)nc2)nn1. The van der Waals surface area contributed by atoms with E-state index in [2.05, 4.69) is 30.7 Å². The molecule has 3 rings (SSSR count). The number of carbonyl (C=O) groups is 1. The van der Waals surface area contributed by atoms with E-state index < -0.39 is 0 Å². The molecule has 0 saturated heterocycles. The zero-order valence-corrected chi connectivity index (χ0v) is 10.5. The Bertz CT molecular complexity index is 715. The standard InChI is InChI=1S/C11H10N8O/c1-18-7-9(16-17-18)10(20)15-8-5-12-11(13-6-8)19-4-2-3-14-19/h2-7H,1H3,(H,15,20). The third-order valence-electron chi connectivity index (χ3n) is 2.44. The van der Waals surface area contributed by atoms with Gasteiger partial charge in [-0.15, -0.1) is 5.10 Å². The van der Waals surface area contributed by atoms with Gasteiger partial charge in [-0.1, -0.05) is 5.21 Å². The second kappa shape index (κ2) is 4.88. The quantitative estimate of drug-likeness (QED) is 0.720. The fourth-order valence-corrected chi connectivity index (χ4v) is 1.54. The van der Waals surface area contributed by atoms with Gasteiger partial charge in [0, 0.05) is 19.4 Å². The molecule has 3 aromatic rings. The van der Waals surface area contributed by atoms with E-state index in [4.69, 9.17) is 0 Å². The van der Waals surface area contributed by atoms with Gasteiger partial charge in [-0.05, 0) is 6.07 Å². The molecule has 1 amide bonds. The van der Waals surface area contributed by atoms with Crippen LogP contribution in [0.2, 0.25) is 0 Å². The summed E-state index contributed by atoms with van der Waals surface area (Å²) in [4.78, 5) is 20.1. The van der Waals surface area contributed by atoms with Crippen LogP contribution in [0.25, 0.3) is 5.95 Å². The summed E-state index contributed by atoms with van der Waals surface area (Å²) in [6.07, 6.45) is 7.88. The fraction of sp³-hybridized carbons (Fsp3) is 0.0909. The Kier molecular flexibility index (Phi) is 2.92. The van der Waals surface area contributed by atoms with Crippen LogP contribution in [0.1, 0.15) is 10.5 Å². The van der Waals surface area contributed by atoms with Crippen molar-refractivity contribution in [1.29, 1.82) is 0 Å². The molecule has 0 aliphatic heterocycles. The predicted molar refractivity (Wildman–Crippen MR) is 68.1 cm³/mol. The molecule has 0 aliphatic rings. The topological polar surface area (TPSA) is 103 Å². The molecule has 3 heterocycles. The van der Waals surface area contributed by atoms with Gasteiger partial charge in [0.1, 0.15) is 0 Å². The number of hydrogen-bond donors (Lipinski definition) is 1. The number of aryl methyl sites for hydroxylation is 1. The first-order chi connectivity index (χ1) is 9.72. The second-order valence-electron chi connectivity index (χ2n) is 3.95. The Morgan fingerprint density at radius 1 is 1.30 bits per heavy atom. The summed E-state index contributed by atoms with van der Waals surface area (Å²) in [5, 5.41) is 14.1. The van der Waals surface area contributed by atoms with E-state index in [1.54, 1.807) is 25.5 Å². The van der Waals surface area contributed by atoms with E-state index in [0.29, 0.717) is 11.6 Å². The Morgan fingerprint density at radius 3 is 2.70 bits per heavy atom. The molecule has 0 atom stereocenters. The summed E-state index contributed by atoms with van der Waals surface area (Å²) in [6.45, 7) is 0. The van der Waals surface area contributed by atoms with Crippen molar-refractivity contribution in [3.63, 3.8) is 0 Å². The Labute approximate surface area is 113 Å². The number of hydrogen-bond acceptors (Lipinski definition) is 6. The molecular formula is C11H10N8O. The Morgan fingerprint density at radius 2 is 2.10 bits per heavy atom. The highest BCUT2D eigenvalue weighted by Gasteiger charge is 2.10. The van der Waals surface area contributed by atoms with Gasteiger partial charge in [0.2, 0.25) is 0 Å². The van der Waals surface area contributed by atoms with Gasteiger partial charge in [-0.25, -0.2) is 14.6 Å². The number of amides is 1. The van der Waals surface area contributed by atoms with Gasteiger partial charge in [0.25, 0.3) is 11.9 Å². The lowest BCUT2D eigenvalue weighted by molar-refractivity contribution is 0.102. The van der Waals surface area contributed by atoms with Crippen molar-refractivity contribution in [3.8, 4) is 5.95 Å². The zero-order valence-electron chi connectivity index (χ0n) is 10.5. The van der Waals surface area contributed by atoms with E-state index in [1.807, 2.05) is 0 Å².